The van der Waals surface area contributed by atoms with Crippen molar-refractivity contribution in [2.45, 2.75) is 13.8 Å². The van der Waals surface area contributed by atoms with Crippen molar-refractivity contribution in [2.24, 2.45) is 0 Å². The molecule has 78 valence electrons. The summed E-state index contributed by atoms with van der Waals surface area (Å²) in [5.74, 6) is 0.0417. The van der Waals surface area contributed by atoms with Gasteiger partial charge in [-0.25, -0.2) is 0 Å². The lowest BCUT2D eigenvalue weighted by molar-refractivity contribution is 0.511. The van der Waals surface area contributed by atoms with Gasteiger partial charge in [-0.2, -0.15) is 5.10 Å². The van der Waals surface area contributed by atoms with Crippen molar-refractivity contribution in [3.8, 4) is 11.3 Å². The summed E-state index contributed by atoms with van der Waals surface area (Å²) in [5.41, 5.74) is 4.55. The summed E-state index contributed by atoms with van der Waals surface area (Å²) >= 11 is 0. The first-order valence-electron chi connectivity index (χ1n) is 4.69. The van der Waals surface area contributed by atoms with E-state index in [0.29, 0.717) is 5.69 Å². The van der Waals surface area contributed by atoms with Crippen LogP contribution in [-0.2, 0) is 0 Å². The molecule has 0 aliphatic heterocycles. The van der Waals surface area contributed by atoms with E-state index in [1.54, 1.807) is 6.07 Å². The molecule has 2 rings (SSSR count). The maximum Gasteiger partial charge on any atom is 0.131 e. The normalized spacial score (nSPS) is 10.5. The molecule has 0 aliphatic carbocycles. The Morgan fingerprint density at radius 2 is 2.13 bits per heavy atom. The predicted octanol–water partition coefficient (Wildman–Crippen LogP) is 2.55. The van der Waals surface area contributed by atoms with Crippen LogP contribution in [0.1, 0.15) is 17.1 Å². The number of nitrogens with zero attached hydrogens (tertiary/aromatic N) is 1. The van der Waals surface area contributed by atoms with Gasteiger partial charge in [0.25, 0.3) is 0 Å². The van der Waals surface area contributed by atoms with Crippen molar-refractivity contribution in [2.75, 3.05) is 0 Å². The van der Waals surface area contributed by atoms with Crippen LogP contribution < -0.4 is 0 Å². The van der Waals surface area contributed by atoms with Crippen LogP contribution in [-0.4, -0.2) is 20.3 Å². The summed E-state index contributed by atoms with van der Waals surface area (Å²) in [7, 11) is 0. The number of H-pyrrole nitrogens is 2. The zero-order valence-electron chi connectivity index (χ0n) is 8.76. The van der Waals surface area contributed by atoms with Crippen LogP contribution in [0, 0.1) is 13.8 Å². The molecule has 15 heavy (non-hydrogen) atoms. The minimum atomic E-state index is 0.0417. The summed E-state index contributed by atoms with van der Waals surface area (Å²) in [6, 6.07) is 3.70. The smallest absolute Gasteiger partial charge is 0.131 e. The number of hydrogen-bond donors (Lipinski definition) is 3. The largest absolute Gasteiger partial charge is 0.506 e. The molecule has 0 aliphatic rings. The summed E-state index contributed by atoms with van der Waals surface area (Å²) < 4.78 is 0. The van der Waals surface area contributed by atoms with Crippen LogP contribution in [0.15, 0.2) is 18.7 Å². The quantitative estimate of drug-likeness (QED) is 0.657. The van der Waals surface area contributed by atoms with E-state index >= 15 is 0 Å². The van der Waals surface area contributed by atoms with E-state index in [4.69, 9.17) is 0 Å². The maximum absolute atomic E-state index is 9.22. The van der Waals surface area contributed by atoms with Crippen molar-refractivity contribution >= 4 is 5.76 Å². The van der Waals surface area contributed by atoms with Crippen molar-refractivity contribution in [3.63, 3.8) is 0 Å². The highest BCUT2D eigenvalue weighted by Crippen LogP contribution is 2.25. The Hall–Kier alpha value is -1.97. The molecule has 0 amide bonds. The Balaban J connectivity index is 2.50. The van der Waals surface area contributed by atoms with Gasteiger partial charge in [0.05, 0.1) is 11.4 Å². The lowest BCUT2D eigenvalue weighted by Crippen LogP contribution is -1.84. The molecule has 3 N–H and O–H groups in total. The molecule has 0 spiro atoms. The second-order valence-corrected chi connectivity index (χ2v) is 3.54. The maximum atomic E-state index is 9.22. The molecule has 0 atom stereocenters. The van der Waals surface area contributed by atoms with E-state index in [1.807, 2.05) is 19.9 Å². The molecule has 0 unspecified atom stereocenters. The van der Waals surface area contributed by atoms with Crippen LogP contribution in [0.4, 0.5) is 0 Å². The molecule has 2 aromatic heterocycles. The van der Waals surface area contributed by atoms with Crippen LogP contribution in [0.3, 0.4) is 0 Å². The van der Waals surface area contributed by atoms with E-state index in [0.717, 1.165) is 22.6 Å². The van der Waals surface area contributed by atoms with E-state index < -0.39 is 0 Å². The molecule has 0 bridgehead atoms. The van der Waals surface area contributed by atoms with Crippen LogP contribution >= 0.6 is 0 Å². The average molecular weight is 203 g/mol. The van der Waals surface area contributed by atoms with Gasteiger partial charge in [-0.1, -0.05) is 6.58 Å². The highest BCUT2D eigenvalue weighted by Gasteiger charge is 2.11. The Bertz CT molecular complexity index is 488. The van der Waals surface area contributed by atoms with Crippen LogP contribution in [0.2, 0.25) is 0 Å². The second kappa shape index (κ2) is 3.31. The van der Waals surface area contributed by atoms with Gasteiger partial charge in [-0.3, -0.25) is 5.10 Å². The number of rotatable bonds is 2. The van der Waals surface area contributed by atoms with Gasteiger partial charge < -0.3 is 10.1 Å². The minimum Gasteiger partial charge on any atom is -0.506 e. The standard InChI is InChI=1S/C11H13N3O/c1-6-11(7(2)14-13-6)10-5-4-9(12-10)8(3)15/h4-5,12,15H,3H2,1-2H3,(H,13,14). The molecular weight excluding hydrogens is 190 g/mol. The van der Waals surface area contributed by atoms with E-state index in [9.17, 15) is 5.11 Å². The summed E-state index contributed by atoms with van der Waals surface area (Å²) in [5, 5.41) is 16.3. The topological polar surface area (TPSA) is 64.7 Å². The first kappa shape index (κ1) is 9.58. The van der Waals surface area contributed by atoms with E-state index in [1.165, 1.54) is 0 Å². The first-order chi connectivity index (χ1) is 7.09. The van der Waals surface area contributed by atoms with Crippen LogP contribution in [0.5, 0.6) is 0 Å². The lowest BCUT2D eigenvalue weighted by Gasteiger charge is -1.97. The number of aryl methyl sites for hydroxylation is 2. The number of aliphatic hydroxyl groups is 1. The number of aromatic nitrogens is 3. The van der Waals surface area contributed by atoms with E-state index in [-0.39, 0.29) is 5.76 Å². The van der Waals surface area contributed by atoms with Gasteiger partial charge in [0, 0.05) is 17.0 Å². The Morgan fingerprint density at radius 3 is 2.60 bits per heavy atom. The monoisotopic (exact) mass is 203 g/mol. The zero-order valence-corrected chi connectivity index (χ0v) is 8.76. The fraction of sp³-hybridized carbons (Fsp3) is 0.182. The Kier molecular flexibility index (Phi) is 2.11. The minimum absolute atomic E-state index is 0.0417. The predicted molar refractivity (Wildman–Crippen MR) is 59.5 cm³/mol. The molecule has 0 saturated heterocycles. The van der Waals surface area contributed by atoms with Crippen molar-refractivity contribution in [3.05, 3.63) is 35.8 Å². The highest BCUT2D eigenvalue weighted by atomic mass is 16.3. The fourth-order valence-corrected chi connectivity index (χ4v) is 1.66. The zero-order chi connectivity index (χ0) is 11.0. The lowest BCUT2D eigenvalue weighted by atomic mass is 10.1. The summed E-state index contributed by atoms with van der Waals surface area (Å²) in [6.07, 6.45) is 0. The molecule has 4 nitrogen and oxygen atoms in total. The molecule has 0 aromatic carbocycles. The fourth-order valence-electron chi connectivity index (χ4n) is 1.66. The molecular formula is C11H13N3O. The molecule has 0 saturated carbocycles. The van der Waals surface area contributed by atoms with Crippen molar-refractivity contribution < 1.29 is 5.11 Å². The molecule has 4 heteroatoms. The highest BCUT2D eigenvalue weighted by molar-refractivity contribution is 5.68. The van der Waals surface area contributed by atoms with Gasteiger partial charge in [-0.15, -0.1) is 0 Å². The molecule has 0 fully saturated rings. The Labute approximate surface area is 87.7 Å². The number of hydrogen-bond acceptors (Lipinski definition) is 2. The van der Waals surface area contributed by atoms with Gasteiger partial charge >= 0.3 is 0 Å². The third kappa shape index (κ3) is 1.54. The Morgan fingerprint density at radius 1 is 1.40 bits per heavy atom. The first-order valence-corrected chi connectivity index (χ1v) is 4.69. The van der Waals surface area contributed by atoms with Gasteiger partial charge in [0.1, 0.15) is 5.76 Å². The molecule has 0 radical (unpaired) electrons. The van der Waals surface area contributed by atoms with Crippen molar-refractivity contribution in [1.29, 1.82) is 0 Å². The molecule has 2 aromatic rings. The summed E-state index contributed by atoms with van der Waals surface area (Å²) in [6.45, 7) is 7.37. The summed E-state index contributed by atoms with van der Waals surface area (Å²) in [4.78, 5) is 3.09. The second-order valence-electron chi connectivity index (χ2n) is 3.54. The number of nitrogens with one attached hydrogen (secondary N) is 2. The van der Waals surface area contributed by atoms with Gasteiger partial charge in [0.15, 0.2) is 0 Å². The number of aromatic amines is 2. The third-order valence-corrected chi connectivity index (χ3v) is 2.39. The van der Waals surface area contributed by atoms with Gasteiger partial charge in [0.2, 0.25) is 0 Å². The number of aliphatic hydroxyl groups excluding tert-OH is 1. The van der Waals surface area contributed by atoms with E-state index in [2.05, 4.69) is 21.8 Å². The third-order valence-electron chi connectivity index (χ3n) is 2.39. The van der Waals surface area contributed by atoms with Crippen LogP contribution in [0.25, 0.3) is 17.0 Å². The van der Waals surface area contributed by atoms with Gasteiger partial charge in [-0.05, 0) is 26.0 Å². The van der Waals surface area contributed by atoms with Crippen molar-refractivity contribution in [1.82, 2.24) is 15.2 Å². The average Bonchev–Trinajstić information content (AvgIpc) is 2.73. The molecule has 2 heterocycles. The SMILES string of the molecule is C=C(O)c1ccc(-c2c(C)n[nH]c2C)[nH]1.